The summed E-state index contributed by atoms with van der Waals surface area (Å²) in [4.78, 5) is 14.9. The van der Waals surface area contributed by atoms with Gasteiger partial charge in [0, 0.05) is 30.3 Å². The molecule has 2 heterocycles. The fraction of sp³-hybridized carbons (Fsp3) is 0.444. The number of aryl methyl sites for hydroxylation is 1. The molecule has 1 N–H and O–H groups in total. The number of aromatic amines is 1. The molecule has 2 aliphatic rings. The number of nitrogens with one attached hydrogen (secondary N) is 1. The number of carbonyl (C=O) groups is 1. The number of halogens is 1. The fourth-order valence-electron chi connectivity index (χ4n) is 3.83. The molecule has 1 atom stereocenters. The lowest BCUT2D eigenvalue weighted by molar-refractivity contribution is -0.133. The molecule has 1 saturated heterocycles. The third-order valence-electron chi connectivity index (χ3n) is 5.30. The second kappa shape index (κ2) is 5.18. The molecule has 0 bridgehead atoms. The van der Waals surface area contributed by atoms with E-state index in [0.29, 0.717) is 18.0 Å². The van der Waals surface area contributed by atoms with Crippen molar-refractivity contribution in [2.45, 2.75) is 37.5 Å². The SMILES string of the molecule is Cc1cn[nH]c1C1CCN(C(=O)C2(c3ccccc3F)CC2)C1. The number of amides is 1. The Morgan fingerprint density at radius 3 is 2.83 bits per heavy atom. The van der Waals surface area contributed by atoms with Crippen LogP contribution < -0.4 is 0 Å². The number of hydrogen-bond donors (Lipinski definition) is 1. The van der Waals surface area contributed by atoms with Gasteiger partial charge in [-0.15, -0.1) is 0 Å². The van der Waals surface area contributed by atoms with Gasteiger partial charge in [-0.25, -0.2) is 4.39 Å². The van der Waals surface area contributed by atoms with Crippen LogP contribution in [0.1, 0.15) is 42.0 Å². The first-order chi connectivity index (χ1) is 11.1. The number of nitrogens with zero attached hydrogens (tertiary/aromatic N) is 2. The van der Waals surface area contributed by atoms with Gasteiger partial charge in [0.1, 0.15) is 5.82 Å². The average Bonchev–Trinajstić information content (AvgIpc) is 3.00. The molecule has 1 aromatic heterocycles. The Labute approximate surface area is 134 Å². The highest BCUT2D eigenvalue weighted by molar-refractivity contribution is 5.91. The zero-order valence-electron chi connectivity index (χ0n) is 13.2. The Hall–Kier alpha value is -2.17. The molecular formula is C18H20FN3O. The number of benzene rings is 1. The number of rotatable bonds is 3. The summed E-state index contributed by atoms with van der Waals surface area (Å²) in [5.41, 5.74) is 2.20. The standard InChI is InChI=1S/C18H20FN3O/c1-12-10-20-21-16(12)13-6-9-22(11-13)17(23)18(7-8-18)14-4-2-3-5-15(14)19/h2-5,10,13H,6-9,11H2,1H3,(H,20,21). The number of likely N-dealkylation sites (tertiary alicyclic amines) is 1. The molecule has 1 aliphatic heterocycles. The molecular weight excluding hydrogens is 293 g/mol. The molecule has 2 aromatic rings. The second-order valence-electron chi connectivity index (χ2n) is 6.77. The predicted octanol–water partition coefficient (Wildman–Crippen LogP) is 2.90. The Morgan fingerprint density at radius 2 is 2.17 bits per heavy atom. The largest absolute Gasteiger partial charge is 0.341 e. The van der Waals surface area contributed by atoms with Crippen LogP contribution in [0.4, 0.5) is 4.39 Å². The van der Waals surface area contributed by atoms with Crippen LogP contribution >= 0.6 is 0 Å². The maximum Gasteiger partial charge on any atom is 0.233 e. The van der Waals surface area contributed by atoms with Crippen molar-refractivity contribution < 1.29 is 9.18 Å². The fourth-order valence-corrected chi connectivity index (χ4v) is 3.83. The summed E-state index contributed by atoms with van der Waals surface area (Å²) in [6, 6.07) is 6.69. The van der Waals surface area contributed by atoms with Gasteiger partial charge in [0.2, 0.25) is 5.91 Å². The van der Waals surface area contributed by atoms with Crippen LogP contribution in [0.3, 0.4) is 0 Å². The highest BCUT2D eigenvalue weighted by Crippen LogP contribution is 2.51. The lowest BCUT2D eigenvalue weighted by Crippen LogP contribution is -2.38. The molecule has 1 aromatic carbocycles. The highest BCUT2D eigenvalue weighted by Gasteiger charge is 2.55. The molecule has 4 rings (SSSR count). The number of hydrogen-bond acceptors (Lipinski definition) is 2. The van der Waals surface area contributed by atoms with Crippen molar-refractivity contribution in [1.29, 1.82) is 0 Å². The van der Waals surface area contributed by atoms with Crippen LogP contribution in [0.2, 0.25) is 0 Å². The zero-order valence-corrected chi connectivity index (χ0v) is 13.2. The normalized spacial score (nSPS) is 22.3. The smallest absolute Gasteiger partial charge is 0.233 e. The summed E-state index contributed by atoms with van der Waals surface area (Å²) in [5.74, 6) is 0.124. The summed E-state index contributed by atoms with van der Waals surface area (Å²) < 4.78 is 14.1. The molecule has 0 radical (unpaired) electrons. The predicted molar refractivity (Wildman–Crippen MR) is 84.6 cm³/mol. The maximum absolute atomic E-state index is 14.1. The van der Waals surface area contributed by atoms with E-state index in [4.69, 9.17) is 0 Å². The van der Waals surface area contributed by atoms with Crippen LogP contribution in [0, 0.1) is 12.7 Å². The van der Waals surface area contributed by atoms with Crippen LogP contribution in [-0.4, -0.2) is 34.1 Å². The minimum absolute atomic E-state index is 0.0854. The third-order valence-corrected chi connectivity index (χ3v) is 5.30. The van der Waals surface area contributed by atoms with E-state index in [-0.39, 0.29) is 11.7 Å². The summed E-state index contributed by atoms with van der Waals surface area (Å²) in [7, 11) is 0. The van der Waals surface area contributed by atoms with Gasteiger partial charge in [-0.1, -0.05) is 18.2 Å². The quantitative estimate of drug-likeness (QED) is 0.947. The molecule has 2 fully saturated rings. The van der Waals surface area contributed by atoms with Crippen molar-refractivity contribution in [2.24, 2.45) is 0 Å². The van der Waals surface area contributed by atoms with Crippen LogP contribution in [0.25, 0.3) is 0 Å². The first-order valence-electron chi connectivity index (χ1n) is 8.16. The minimum atomic E-state index is -0.622. The van der Waals surface area contributed by atoms with Crippen molar-refractivity contribution in [2.75, 3.05) is 13.1 Å². The molecule has 120 valence electrons. The van der Waals surface area contributed by atoms with Gasteiger partial charge in [0.25, 0.3) is 0 Å². The van der Waals surface area contributed by atoms with Gasteiger partial charge < -0.3 is 4.90 Å². The third kappa shape index (κ3) is 2.26. The van der Waals surface area contributed by atoms with E-state index in [1.807, 2.05) is 24.1 Å². The maximum atomic E-state index is 14.1. The summed E-state index contributed by atoms with van der Waals surface area (Å²) in [6.07, 6.45) is 4.25. The van der Waals surface area contributed by atoms with E-state index in [1.165, 1.54) is 6.07 Å². The molecule has 1 aliphatic carbocycles. The summed E-state index contributed by atoms with van der Waals surface area (Å²) >= 11 is 0. The lowest BCUT2D eigenvalue weighted by Gasteiger charge is -2.24. The van der Waals surface area contributed by atoms with Crippen LogP contribution in [0.15, 0.2) is 30.5 Å². The Balaban J connectivity index is 1.55. The van der Waals surface area contributed by atoms with Crippen LogP contribution in [-0.2, 0) is 10.2 Å². The van der Waals surface area contributed by atoms with E-state index in [2.05, 4.69) is 10.2 Å². The molecule has 5 heteroatoms. The van der Waals surface area contributed by atoms with Gasteiger partial charge in [0.15, 0.2) is 0 Å². The summed E-state index contributed by atoms with van der Waals surface area (Å²) in [6.45, 7) is 3.46. The van der Waals surface area contributed by atoms with Crippen LogP contribution in [0.5, 0.6) is 0 Å². The van der Waals surface area contributed by atoms with Gasteiger partial charge >= 0.3 is 0 Å². The molecule has 0 spiro atoms. The molecule has 1 amide bonds. The molecule has 23 heavy (non-hydrogen) atoms. The summed E-state index contributed by atoms with van der Waals surface area (Å²) in [5, 5.41) is 7.13. The van der Waals surface area contributed by atoms with Crippen molar-refractivity contribution in [3.63, 3.8) is 0 Å². The topological polar surface area (TPSA) is 49.0 Å². The zero-order chi connectivity index (χ0) is 16.0. The van der Waals surface area contributed by atoms with Gasteiger partial charge in [0.05, 0.1) is 11.6 Å². The second-order valence-corrected chi connectivity index (χ2v) is 6.77. The van der Waals surface area contributed by atoms with Crippen molar-refractivity contribution in [3.8, 4) is 0 Å². The molecule has 4 nitrogen and oxygen atoms in total. The van der Waals surface area contributed by atoms with Crippen molar-refractivity contribution in [1.82, 2.24) is 15.1 Å². The van der Waals surface area contributed by atoms with Gasteiger partial charge in [-0.05, 0) is 37.8 Å². The Bertz CT molecular complexity index is 750. The number of carbonyl (C=O) groups excluding carboxylic acids is 1. The van der Waals surface area contributed by atoms with Crippen molar-refractivity contribution >= 4 is 5.91 Å². The van der Waals surface area contributed by atoms with E-state index < -0.39 is 5.41 Å². The highest BCUT2D eigenvalue weighted by atomic mass is 19.1. The minimum Gasteiger partial charge on any atom is -0.341 e. The Kier molecular flexibility index (Phi) is 3.25. The lowest BCUT2D eigenvalue weighted by atomic mass is 9.93. The van der Waals surface area contributed by atoms with Crippen molar-refractivity contribution in [3.05, 3.63) is 53.1 Å². The first kappa shape index (κ1) is 14.4. The number of aromatic nitrogens is 2. The first-order valence-corrected chi connectivity index (χ1v) is 8.16. The molecule has 1 saturated carbocycles. The Morgan fingerprint density at radius 1 is 1.39 bits per heavy atom. The number of H-pyrrole nitrogens is 1. The van der Waals surface area contributed by atoms with Gasteiger partial charge in [-0.3, -0.25) is 9.89 Å². The monoisotopic (exact) mass is 313 g/mol. The molecule has 1 unspecified atom stereocenters. The van der Waals surface area contributed by atoms with E-state index in [9.17, 15) is 9.18 Å². The van der Waals surface area contributed by atoms with E-state index >= 15 is 0 Å². The van der Waals surface area contributed by atoms with E-state index in [0.717, 1.165) is 37.1 Å². The van der Waals surface area contributed by atoms with Gasteiger partial charge in [-0.2, -0.15) is 5.10 Å². The van der Waals surface area contributed by atoms with E-state index in [1.54, 1.807) is 12.1 Å². The average molecular weight is 313 g/mol.